The maximum atomic E-state index is 12.9. The van der Waals surface area contributed by atoms with Gasteiger partial charge in [-0.1, -0.05) is 72.8 Å². The highest BCUT2D eigenvalue weighted by Crippen LogP contribution is 2.20. The molecule has 0 aromatic heterocycles. The first-order valence-electron chi connectivity index (χ1n) is 13.3. The third-order valence-corrected chi connectivity index (χ3v) is 5.87. The van der Waals surface area contributed by atoms with Crippen molar-refractivity contribution in [2.45, 2.75) is 51.6 Å². The Hall–Kier alpha value is -4.46. The Morgan fingerprint density at radius 3 is 1.62 bits per heavy atom. The highest BCUT2D eigenvalue weighted by Gasteiger charge is 2.23. The fraction of sp³-hybridized carbons (Fsp3) is 0.312. The quantitative estimate of drug-likeness (QED) is 0.144. The van der Waals surface area contributed by atoms with Crippen LogP contribution < -0.4 is 4.74 Å². The Morgan fingerprint density at radius 1 is 0.650 bits per heavy atom. The number of carbonyl (C=O) groups is 4. The Bertz CT molecular complexity index is 1180. The van der Waals surface area contributed by atoms with Gasteiger partial charge in [0.2, 0.25) is 0 Å². The summed E-state index contributed by atoms with van der Waals surface area (Å²) in [5.41, 5.74) is 2.26. The van der Waals surface area contributed by atoms with E-state index in [1.165, 1.54) is 19.1 Å². The standard InChI is InChI=1S/C32H34O8/c1-24(33)39-29-19-9-8-18-28(29)32(36)40-27(22-37-30(34)20-10-16-25-12-4-2-5-13-25)23-38-31(35)21-11-17-26-14-6-3-7-15-26/h2-9,12-15,18-19,27H,10-11,16-17,20-23H2,1H3. The molecule has 0 spiro atoms. The molecule has 0 amide bonds. The molecule has 8 heteroatoms. The zero-order valence-corrected chi connectivity index (χ0v) is 22.6. The van der Waals surface area contributed by atoms with Crippen molar-refractivity contribution < 1.29 is 38.1 Å². The van der Waals surface area contributed by atoms with Crippen LogP contribution >= 0.6 is 0 Å². The molecule has 0 N–H and O–H groups in total. The number of para-hydroxylation sites is 1. The molecule has 0 heterocycles. The molecule has 8 nitrogen and oxygen atoms in total. The molecule has 0 unspecified atom stereocenters. The monoisotopic (exact) mass is 546 g/mol. The predicted molar refractivity (Wildman–Crippen MR) is 148 cm³/mol. The lowest BCUT2D eigenvalue weighted by atomic mass is 10.1. The van der Waals surface area contributed by atoms with E-state index < -0.39 is 30.0 Å². The van der Waals surface area contributed by atoms with E-state index >= 15 is 0 Å². The minimum Gasteiger partial charge on any atom is -0.462 e. The third kappa shape index (κ3) is 11.1. The van der Waals surface area contributed by atoms with Gasteiger partial charge in [0.15, 0.2) is 6.10 Å². The second kappa shape index (κ2) is 16.5. The molecule has 3 aromatic rings. The number of rotatable bonds is 15. The largest absolute Gasteiger partial charge is 0.462 e. The fourth-order valence-electron chi connectivity index (χ4n) is 3.89. The van der Waals surface area contributed by atoms with Gasteiger partial charge in [-0.3, -0.25) is 14.4 Å². The normalized spacial score (nSPS) is 10.6. The van der Waals surface area contributed by atoms with Gasteiger partial charge in [0.05, 0.1) is 0 Å². The van der Waals surface area contributed by atoms with Crippen LogP contribution in [0.25, 0.3) is 0 Å². The summed E-state index contributed by atoms with van der Waals surface area (Å²) in [4.78, 5) is 49.0. The molecule has 0 bridgehead atoms. The van der Waals surface area contributed by atoms with Crippen LogP contribution in [-0.2, 0) is 41.4 Å². The minimum absolute atomic E-state index is 0.0195. The van der Waals surface area contributed by atoms with E-state index in [4.69, 9.17) is 18.9 Å². The summed E-state index contributed by atoms with van der Waals surface area (Å²) in [6, 6.07) is 25.7. The van der Waals surface area contributed by atoms with E-state index in [-0.39, 0.29) is 37.4 Å². The average Bonchev–Trinajstić information content (AvgIpc) is 2.95. The van der Waals surface area contributed by atoms with Gasteiger partial charge in [-0.15, -0.1) is 0 Å². The summed E-state index contributed by atoms with van der Waals surface area (Å²) in [7, 11) is 0. The molecule has 0 fully saturated rings. The number of benzene rings is 3. The van der Waals surface area contributed by atoms with Crippen LogP contribution in [0.1, 0.15) is 54.1 Å². The maximum absolute atomic E-state index is 12.9. The van der Waals surface area contributed by atoms with Crippen LogP contribution in [-0.4, -0.2) is 43.2 Å². The first-order chi connectivity index (χ1) is 19.4. The van der Waals surface area contributed by atoms with Crippen molar-refractivity contribution in [2.75, 3.05) is 13.2 Å². The van der Waals surface area contributed by atoms with Gasteiger partial charge in [0.1, 0.15) is 24.5 Å². The van der Waals surface area contributed by atoms with Crippen molar-refractivity contribution in [1.82, 2.24) is 0 Å². The third-order valence-electron chi connectivity index (χ3n) is 5.87. The molecule has 210 valence electrons. The van der Waals surface area contributed by atoms with Crippen LogP contribution in [0.4, 0.5) is 0 Å². The number of hydrogen-bond donors (Lipinski definition) is 0. The van der Waals surface area contributed by atoms with E-state index in [0.29, 0.717) is 12.8 Å². The van der Waals surface area contributed by atoms with Crippen LogP contribution in [0, 0.1) is 0 Å². The molecule has 0 radical (unpaired) electrons. The SMILES string of the molecule is CC(=O)Oc1ccccc1C(=O)OC(COC(=O)CCCc1ccccc1)COC(=O)CCCc1ccccc1. The lowest BCUT2D eigenvalue weighted by Crippen LogP contribution is -2.31. The molecule has 0 saturated heterocycles. The summed E-state index contributed by atoms with van der Waals surface area (Å²) in [6.07, 6.45) is 1.96. The summed E-state index contributed by atoms with van der Waals surface area (Å²) in [5.74, 6) is -2.26. The molecule has 3 rings (SSSR count). The highest BCUT2D eigenvalue weighted by atomic mass is 16.6. The number of hydrogen-bond acceptors (Lipinski definition) is 8. The number of carbonyl (C=O) groups excluding carboxylic acids is 4. The zero-order chi connectivity index (χ0) is 28.6. The van der Waals surface area contributed by atoms with Gasteiger partial charge in [0, 0.05) is 19.8 Å². The molecule has 0 saturated carbocycles. The van der Waals surface area contributed by atoms with Crippen molar-refractivity contribution in [1.29, 1.82) is 0 Å². The Labute approximate surface area is 234 Å². The van der Waals surface area contributed by atoms with Gasteiger partial charge in [0.25, 0.3) is 0 Å². The lowest BCUT2D eigenvalue weighted by Gasteiger charge is -2.19. The fourth-order valence-corrected chi connectivity index (χ4v) is 3.89. The summed E-state index contributed by atoms with van der Waals surface area (Å²) < 4.78 is 21.3. The second-order valence-electron chi connectivity index (χ2n) is 9.16. The van der Waals surface area contributed by atoms with E-state index in [2.05, 4.69) is 0 Å². The van der Waals surface area contributed by atoms with Gasteiger partial charge in [-0.05, 0) is 48.9 Å². The summed E-state index contributed by atoms with van der Waals surface area (Å²) >= 11 is 0. The topological polar surface area (TPSA) is 105 Å². The van der Waals surface area contributed by atoms with Crippen molar-refractivity contribution in [3.8, 4) is 5.75 Å². The van der Waals surface area contributed by atoms with Crippen LogP contribution in [0.15, 0.2) is 84.9 Å². The van der Waals surface area contributed by atoms with Crippen LogP contribution in [0.2, 0.25) is 0 Å². The van der Waals surface area contributed by atoms with Crippen molar-refractivity contribution in [2.24, 2.45) is 0 Å². The Kier molecular flexibility index (Phi) is 12.4. The number of aryl methyl sites for hydroxylation is 2. The van der Waals surface area contributed by atoms with E-state index in [9.17, 15) is 19.2 Å². The molecular weight excluding hydrogens is 512 g/mol. The van der Waals surface area contributed by atoms with Gasteiger partial charge in [-0.2, -0.15) is 0 Å². The second-order valence-corrected chi connectivity index (χ2v) is 9.16. The molecule has 0 aliphatic heterocycles. The first kappa shape index (κ1) is 30.1. The lowest BCUT2D eigenvalue weighted by molar-refractivity contribution is -0.153. The van der Waals surface area contributed by atoms with E-state index in [0.717, 1.165) is 24.0 Å². The zero-order valence-electron chi connectivity index (χ0n) is 22.6. The maximum Gasteiger partial charge on any atom is 0.342 e. The van der Waals surface area contributed by atoms with E-state index in [1.807, 2.05) is 60.7 Å². The van der Waals surface area contributed by atoms with Crippen molar-refractivity contribution in [3.63, 3.8) is 0 Å². The number of esters is 4. The molecule has 0 aliphatic rings. The first-order valence-corrected chi connectivity index (χ1v) is 13.3. The smallest absolute Gasteiger partial charge is 0.342 e. The Balaban J connectivity index is 1.54. The molecular formula is C32H34O8. The van der Waals surface area contributed by atoms with Gasteiger partial charge in [-0.25, -0.2) is 4.79 Å². The van der Waals surface area contributed by atoms with Crippen molar-refractivity contribution in [3.05, 3.63) is 102 Å². The van der Waals surface area contributed by atoms with Crippen molar-refractivity contribution >= 4 is 23.9 Å². The highest BCUT2D eigenvalue weighted by molar-refractivity contribution is 5.93. The van der Waals surface area contributed by atoms with Crippen LogP contribution in [0.5, 0.6) is 5.75 Å². The molecule has 3 aromatic carbocycles. The molecule has 0 atom stereocenters. The number of ether oxygens (including phenoxy) is 4. The predicted octanol–water partition coefficient (Wildman–Crippen LogP) is 5.27. The van der Waals surface area contributed by atoms with Gasteiger partial charge >= 0.3 is 23.9 Å². The van der Waals surface area contributed by atoms with Crippen LogP contribution in [0.3, 0.4) is 0 Å². The summed E-state index contributed by atoms with van der Waals surface area (Å²) in [6.45, 7) is 0.644. The summed E-state index contributed by atoms with van der Waals surface area (Å²) in [5, 5.41) is 0. The Morgan fingerprint density at radius 2 is 1.12 bits per heavy atom. The minimum atomic E-state index is -1.05. The van der Waals surface area contributed by atoms with E-state index in [1.54, 1.807) is 12.1 Å². The molecule has 40 heavy (non-hydrogen) atoms. The molecule has 0 aliphatic carbocycles. The average molecular weight is 547 g/mol. The van der Waals surface area contributed by atoms with Gasteiger partial charge < -0.3 is 18.9 Å².